The molecular weight excluding hydrogens is 184 g/mol. The Hall–Kier alpha value is -0.350. The van der Waals surface area contributed by atoms with Gasteiger partial charge in [0.1, 0.15) is 4.60 Å². The van der Waals surface area contributed by atoms with Crippen LogP contribution >= 0.6 is 15.9 Å². The average Bonchev–Trinajstić information content (AvgIpc) is 2.18. The van der Waals surface area contributed by atoms with Gasteiger partial charge in [-0.25, -0.2) is 0 Å². The zero-order chi connectivity index (χ0) is 6.69. The second-order valence-corrected chi connectivity index (χ2v) is 2.41. The maximum Gasteiger partial charge on any atom is 0.104 e. The summed E-state index contributed by atoms with van der Waals surface area (Å²) < 4.78 is 2.58. The molecule has 1 aromatic rings. The minimum absolute atomic E-state index is 0.125. The highest BCUT2D eigenvalue weighted by molar-refractivity contribution is 9.10. The Morgan fingerprint density at radius 1 is 1.78 bits per heavy atom. The van der Waals surface area contributed by atoms with E-state index in [0.29, 0.717) is 6.54 Å². The maximum absolute atomic E-state index is 8.48. The second-order valence-electron chi connectivity index (χ2n) is 1.60. The second kappa shape index (κ2) is 2.98. The summed E-state index contributed by atoms with van der Waals surface area (Å²) in [5, 5.41) is 12.4. The van der Waals surface area contributed by atoms with Crippen molar-refractivity contribution in [3.63, 3.8) is 0 Å². The summed E-state index contributed by atoms with van der Waals surface area (Å²) in [4.78, 5) is 0. The molecular formula is C5H7BrN2O. The molecule has 0 unspecified atom stereocenters. The molecule has 0 saturated heterocycles. The molecule has 0 fully saturated rings. The predicted molar refractivity (Wildman–Crippen MR) is 37.0 cm³/mol. The number of nitrogens with zero attached hydrogens (tertiary/aromatic N) is 2. The van der Waals surface area contributed by atoms with E-state index in [-0.39, 0.29) is 6.61 Å². The Bertz CT molecular complexity index is 187. The monoisotopic (exact) mass is 190 g/mol. The quantitative estimate of drug-likeness (QED) is 0.744. The number of rotatable bonds is 2. The van der Waals surface area contributed by atoms with Gasteiger partial charge in [-0.05, 0) is 22.0 Å². The molecule has 50 valence electrons. The minimum atomic E-state index is 0.125. The smallest absolute Gasteiger partial charge is 0.104 e. The summed E-state index contributed by atoms with van der Waals surface area (Å²) in [6, 6.07) is 1.83. The van der Waals surface area contributed by atoms with Crippen LogP contribution in [0.5, 0.6) is 0 Å². The van der Waals surface area contributed by atoms with Crippen molar-refractivity contribution in [2.75, 3.05) is 6.61 Å². The van der Waals surface area contributed by atoms with Gasteiger partial charge in [0.05, 0.1) is 19.3 Å². The Labute approximate surface area is 61.4 Å². The van der Waals surface area contributed by atoms with Gasteiger partial charge in [0, 0.05) is 0 Å². The lowest BCUT2D eigenvalue weighted by molar-refractivity contribution is 0.268. The molecule has 1 heterocycles. The summed E-state index contributed by atoms with van der Waals surface area (Å²) >= 11 is 3.26. The molecule has 4 heteroatoms. The Balaban J connectivity index is 2.69. The molecule has 0 atom stereocenters. The maximum atomic E-state index is 8.48. The van der Waals surface area contributed by atoms with Crippen molar-refractivity contribution in [2.24, 2.45) is 0 Å². The summed E-state index contributed by atoms with van der Waals surface area (Å²) in [5.74, 6) is 0. The van der Waals surface area contributed by atoms with Crippen molar-refractivity contribution < 1.29 is 5.11 Å². The Morgan fingerprint density at radius 3 is 3.00 bits per heavy atom. The Morgan fingerprint density at radius 2 is 2.56 bits per heavy atom. The van der Waals surface area contributed by atoms with E-state index in [9.17, 15) is 0 Å². The largest absolute Gasteiger partial charge is 0.394 e. The number of aliphatic hydroxyl groups excluding tert-OH is 1. The normalized spacial score (nSPS) is 10.0. The molecule has 0 radical (unpaired) electrons. The topological polar surface area (TPSA) is 38.0 Å². The van der Waals surface area contributed by atoms with Crippen molar-refractivity contribution in [3.8, 4) is 0 Å². The summed E-state index contributed by atoms with van der Waals surface area (Å²) in [6.45, 7) is 0.674. The van der Waals surface area contributed by atoms with Gasteiger partial charge in [-0.3, -0.25) is 4.68 Å². The molecule has 0 aliphatic rings. The van der Waals surface area contributed by atoms with Gasteiger partial charge in [-0.1, -0.05) is 0 Å². The van der Waals surface area contributed by atoms with Gasteiger partial charge in [-0.15, -0.1) is 0 Å². The van der Waals surface area contributed by atoms with E-state index in [0.717, 1.165) is 4.60 Å². The predicted octanol–water partition coefficient (Wildman–Crippen LogP) is 0.638. The van der Waals surface area contributed by atoms with Crippen LogP contribution in [0, 0.1) is 0 Å². The van der Waals surface area contributed by atoms with Crippen LogP contribution in [0.1, 0.15) is 0 Å². The van der Waals surface area contributed by atoms with Crippen molar-refractivity contribution in [3.05, 3.63) is 16.9 Å². The summed E-state index contributed by atoms with van der Waals surface area (Å²) in [7, 11) is 0. The van der Waals surface area contributed by atoms with Gasteiger partial charge in [-0.2, -0.15) is 5.10 Å². The van der Waals surface area contributed by atoms with Crippen LogP contribution < -0.4 is 0 Å². The first-order chi connectivity index (χ1) is 4.34. The van der Waals surface area contributed by atoms with Crippen molar-refractivity contribution >= 4 is 15.9 Å². The van der Waals surface area contributed by atoms with Gasteiger partial charge in [0.2, 0.25) is 0 Å². The first-order valence-corrected chi connectivity index (χ1v) is 3.42. The highest BCUT2D eigenvalue weighted by Gasteiger charge is 1.94. The summed E-state index contributed by atoms with van der Waals surface area (Å²) in [6.07, 6.45) is 1.68. The van der Waals surface area contributed by atoms with E-state index in [4.69, 9.17) is 5.11 Å². The fourth-order valence-electron chi connectivity index (χ4n) is 0.576. The first-order valence-electron chi connectivity index (χ1n) is 2.63. The Kier molecular flexibility index (Phi) is 2.24. The molecule has 0 aliphatic heterocycles. The number of halogens is 1. The van der Waals surface area contributed by atoms with Crippen LogP contribution in [0.4, 0.5) is 0 Å². The van der Waals surface area contributed by atoms with Crippen molar-refractivity contribution in [1.29, 1.82) is 0 Å². The van der Waals surface area contributed by atoms with E-state index in [2.05, 4.69) is 21.0 Å². The van der Waals surface area contributed by atoms with Crippen LogP contribution in [-0.2, 0) is 6.54 Å². The third kappa shape index (κ3) is 1.53. The van der Waals surface area contributed by atoms with Crippen LogP contribution in [0.15, 0.2) is 16.9 Å². The molecule has 1 N–H and O–H groups in total. The number of hydrogen-bond donors (Lipinski definition) is 1. The standard InChI is InChI=1S/C5H7BrN2O/c6-5-1-2-7-8(5)3-4-9/h1-2,9H,3-4H2. The minimum Gasteiger partial charge on any atom is -0.394 e. The molecule has 3 nitrogen and oxygen atoms in total. The lowest BCUT2D eigenvalue weighted by atomic mass is 10.7. The van der Waals surface area contributed by atoms with E-state index in [1.165, 1.54) is 0 Å². The third-order valence-electron chi connectivity index (χ3n) is 0.977. The highest BCUT2D eigenvalue weighted by atomic mass is 79.9. The molecule has 0 bridgehead atoms. The SMILES string of the molecule is OCCn1nccc1Br. The molecule has 0 amide bonds. The summed E-state index contributed by atoms with van der Waals surface area (Å²) in [5.41, 5.74) is 0. The number of hydrogen-bond acceptors (Lipinski definition) is 2. The van der Waals surface area contributed by atoms with E-state index < -0.39 is 0 Å². The first kappa shape index (κ1) is 6.77. The molecule has 0 aliphatic carbocycles. The zero-order valence-corrected chi connectivity index (χ0v) is 6.37. The molecule has 9 heavy (non-hydrogen) atoms. The number of aromatic nitrogens is 2. The third-order valence-corrected chi connectivity index (χ3v) is 1.65. The fourth-order valence-corrected chi connectivity index (χ4v) is 0.963. The molecule has 1 rings (SSSR count). The van der Waals surface area contributed by atoms with Crippen molar-refractivity contribution in [1.82, 2.24) is 9.78 Å². The molecule has 1 aromatic heterocycles. The van der Waals surface area contributed by atoms with Crippen LogP contribution in [0.3, 0.4) is 0 Å². The van der Waals surface area contributed by atoms with Gasteiger partial charge >= 0.3 is 0 Å². The van der Waals surface area contributed by atoms with Gasteiger partial charge < -0.3 is 5.11 Å². The highest BCUT2D eigenvalue weighted by Crippen LogP contribution is 2.06. The van der Waals surface area contributed by atoms with E-state index in [1.54, 1.807) is 10.9 Å². The van der Waals surface area contributed by atoms with E-state index >= 15 is 0 Å². The van der Waals surface area contributed by atoms with Crippen molar-refractivity contribution in [2.45, 2.75) is 6.54 Å². The zero-order valence-electron chi connectivity index (χ0n) is 4.79. The van der Waals surface area contributed by atoms with Gasteiger partial charge in [0.25, 0.3) is 0 Å². The lowest BCUT2D eigenvalue weighted by Gasteiger charge is -1.96. The molecule has 0 spiro atoms. The van der Waals surface area contributed by atoms with Crippen LogP contribution in [0.2, 0.25) is 0 Å². The van der Waals surface area contributed by atoms with E-state index in [1.807, 2.05) is 6.07 Å². The number of aliphatic hydroxyl groups is 1. The van der Waals surface area contributed by atoms with Crippen LogP contribution in [-0.4, -0.2) is 21.5 Å². The molecule has 0 aromatic carbocycles. The van der Waals surface area contributed by atoms with Gasteiger partial charge in [0.15, 0.2) is 0 Å². The molecule has 0 saturated carbocycles. The lowest BCUT2D eigenvalue weighted by Crippen LogP contribution is -2.03. The fraction of sp³-hybridized carbons (Fsp3) is 0.400. The average molecular weight is 191 g/mol. The van der Waals surface area contributed by atoms with Crippen LogP contribution in [0.25, 0.3) is 0 Å².